The van der Waals surface area contributed by atoms with Gasteiger partial charge in [-0.15, -0.1) is 0 Å². The molecule has 1 saturated carbocycles. The standard InChI is InChI=1S/C16H27N3O4/c1-4-17(5-2)14(20)12-11-13(12)15(21)18-7-9-19(10-8-18)16(22)23-6-3/h12-13H,4-11H2,1-3H3. The Morgan fingerprint density at radius 2 is 1.52 bits per heavy atom. The predicted molar refractivity (Wildman–Crippen MR) is 84.7 cm³/mol. The van der Waals surface area contributed by atoms with E-state index in [0.29, 0.717) is 52.3 Å². The molecule has 2 fully saturated rings. The summed E-state index contributed by atoms with van der Waals surface area (Å²) in [6.45, 7) is 9.42. The lowest BCUT2D eigenvalue weighted by Crippen LogP contribution is -2.51. The third-order valence-electron chi connectivity index (χ3n) is 4.62. The van der Waals surface area contributed by atoms with Gasteiger partial charge in [0.1, 0.15) is 0 Å². The molecule has 1 aliphatic heterocycles. The van der Waals surface area contributed by atoms with Gasteiger partial charge in [-0.25, -0.2) is 4.79 Å². The molecule has 1 heterocycles. The summed E-state index contributed by atoms with van der Waals surface area (Å²) in [5.41, 5.74) is 0. The summed E-state index contributed by atoms with van der Waals surface area (Å²) >= 11 is 0. The van der Waals surface area contributed by atoms with Crippen molar-refractivity contribution in [2.24, 2.45) is 11.8 Å². The number of carbonyl (C=O) groups is 3. The number of ether oxygens (including phenoxy) is 1. The number of nitrogens with zero attached hydrogens (tertiary/aromatic N) is 3. The first kappa shape index (κ1) is 17.6. The van der Waals surface area contributed by atoms with Gasteiger partial charge in [-0.3, -0.25) is 9.59 Å². The van der Waals surface area contributed by atoms with Crippen molar-refractivity contribution >= 4 is 17.9 Å². The van der Waals surface area contributed by atoms with Crippen LogP contribution in [0.3, 0.4) is 0 Å². The number of hydrogen-bond donors (Lipinski definition) is 0. The fourth-order valence-corrected chi connectivity index (χ4v) is 3.07. The number of piperazine rings is 1. The molecule has 7 nitrogen and oxygen atoms in total. The minimum atomic E-state index is -0.319. The Morgan fingerprint density at radius 3 is 2.04 bits per heavy atom. The molecule has 130 valence electrons. The van der Waals surface area contributed by atoms with Gasteiger partial charge in [-0.1, -0.05) is 0 Å². The Labute approximate surface area is 137 Å². The Balaban J connectivity index is 1.80. The van der Waals surface area contributed by atoms with Crippen LogP contribution in [-0.4, -0.2) is 78.5 Å². The van der Waals surface area contributed by atoms with Gasteiger partial charge in [0.05, 0.1) is 18.4 Å². The first-order valence-corrected chi connectivity index (χ1v) is 8.52. The largest absolute Gasteiger partial charge is 0.450 e. The van der Waals surface area contributed by atoms with Crippen LogP contribution in [0, 0.1) is 11.8 Å². The van der Waals surface area contributed by atoms with Crippen molar-refractivity contribution in [2.45, 2.75) is 27.2 Å². The highest BCUT2D eigenvalue weighted by atomic mass is 16.6. The fourth-order valence-electron chi connectivity index (χ4n) is 3.07. The second-order valence-electron chi connectivity index (χ2n) is 5.97. The Morgan fingerprint density at radius 1 is 0.957 bits per heavy atom. The van der Waals surface area contributed by atoms with Crippen molar-refractivity contribution in [1.29, 1.82) is 0 Å². The predicted octanol–water partition coefficient (Wildman–Crippen LogP) is 0.792. The van der Waals surface area contributed by atoms with Gasteiger partial charge in [0.2, 0.25) is 11.8 Å². The molecule has 2 rings (SSSR count). The summed E-state index contributed by atoms with van der Waals surface area (Å²) in [6.07, 6.45) is 0.340. The molecule has 1 saturated heterocycles. The summed E-state index contributed by atoms with van der Waals surface area (Å²) in [5, 5.41) is 0. The normalized spacial score (nSPS) is 23.4. The van der Waals surface area contributed by atoms with E-state index in [0.717, 1.165) is 0 Å². The van der Waals surface area contributed by atoms with Crippen molar-refractivity contribution in [1.82, 2.24) is 14.7 Å². The summed E-state index contributed by atoms with van der Waals surface area (Å²) < 4.78 is 4.97. The highest BCUT2D eigenvalue weighted by Gasteiger charge is 2.50. The SMILES string of the molecule is CCOC(=O)N1CCN(C(=O)C2CC2C(=O)N(CC)CC)CC1. The van der Waals surface area contributed by atoms with E-state index in [1.165, 1.54) is 0 Å². The van der Waals surface area contributed by atoms with Gasteiger partial charge in [0, 0.05) is 39.3 Å². The van der Waals surface area contributed by atoms with Crippen LogP contribution in [0.2, 0.25) is 0 Å². The molecule has 0 aromatic heterocycles. The highest BCUT2D eigenvalue weighted by Crippen LogP contribution is 2.41. The van der Waals surface area contributed by atoms with Crippen LogP contribution in [0.5, 0.6) is 0 Å². The summed E-state index contributed by atoms with van der Waals surface area (Å²) in [4.78, 5) is 41.6. The van der Waals surface area contributed by atoms with Crippen molar-refractivity contribution in [2.75, 3.05) is 45.9 Å². The molecule has 3 amide bonds. The molecule has 2 aliphatic rings. The molecule has 0 N–H and O–H groups in total. The van der Waals surface area contributed by atoms with Gasteiger partial charge >= 0.3 is 6.09 Å². The quantitative estimate of drug-likeness (QED) is 0.749. The fraction of sp³-hybridized carbons (Fsp3) is 0.812. The molecule has 1 aliphatic carbocycles. The maximum Gasteiger partial charge on any atom is 0.409 e. The van der Waals surface area contributed by atoms with Gasteiger partial charge < -0.3 is 19.4 Å². The molecule has 23 heavy (non-hydrogen) atoms. The molecule has 0 aromatic carbocycles. The van der Waals surface area contributed by atoms with E-state index < -0.39 is 0 Å². The maximum atomic E-state index is 12.5. The zero-order valence-electron chi connectivity index (χ0n) is 14.3. The summed E-state index contributed by atoms with van der Waals surface area (Å²) in [5.74, 6) is -0.166. The molecular formula is C16H27N3O4. The van der Waals surface area contributed by atoms with Crippen molar-refractivity contribution in [3.8, 4) is 0 Å². The molecule has 0 radical (unpaired) electrons. The molecule has 0 aromatic rings. The van der Waals surface area contributed by atoms with Crippen LogP contribution >= 0.6 is 0 Å². The van der Waals surface area contributed by atoms with E-state index in [4.69, 9.17) is 4.74 Å². The van der Waals surface area contributed by atoms with Crippen molar-refractivity contribution < 1.29 is 19.1 Å². The topological polar surface area (TPSA) is 70.2 Å². The van der Waals surface area contributed by atoms with Crippen LogP contribution in [0.1, 0.15) is 27.2 Å². The van der Waals surface area contributed by atoms with E-state index in [2.05, 4.69) is 0 Å². The van der Waals surface area contributed by atoms with E-state index in [9.17, 15) is 14.4 Å². The minimum absolute atomic E-state index is 0.0546. The molecular weight excluding hydrogens is 298 g/mol. The lowest BCUT2D eigenvalue weighted by Gasteiger charge is -2.34. The Bertz CT molecular complexity index is 456. The van der Waals surface area contributed by atoms with E-state index in [1.54, 1.807) is 21.6 Å². The van der Waals surface area contributed by atoms with Crippen LogP contribution in [0.25, 0.3) is 0 Å². The maximum absolute atomic E-state index is 12.5. The number of amides is 3. The summed E-state index contributed by atoms with van der Waals surface area (Å²) in [6, 6.07) is 0. The molecule has 0 bridgehead atoms. The van der Waals surface area contributed by atoms with Crippen molar-refractivity contribution in [3.05, 3.63) is 0 Å². The number of hydrogen-bond acceptors (Lipinski definition) is 4. The number of rotatable bonds is 5. The second-order valence-corrected chi connectivity index (χ2v) is 5.97. The van der Waals surface area contributed by atoms with E-state index in [-0.39, 0.29) is 29.7 Å². The Kier molecular flexibility index (Phi) is 5.85. The first-order chi connectivity index (χ1) is 11.0. The highest BCUT2D eigenvalue weighted by molar-refractivity contribution is 5.92. The van der Waals surface area contributed by atoms with Gasteiger partial charge in [0.25, 0.3) is 0 Å². The zero-order chi connectivity index (χ0) is 17.0. The molecule has 2 atom stereocenters. The third-order valence-corrected chi connectivity index (χ3v) is 4.62. The average molecular weight is 325 g/mol. The first-order valence-electron chi connectivity index (χ1n) is 8.52. The molecule has 7 heteroatoms. The summed E-state index contributed by atoms with van der Waals surface area (Å²) in [7, 11) is 0. The van der Waals surface area contributed by atoms with Crippen LogP contribution in [0.15, 0.2) is 0 Å². The van der Waals surface area contributed by atoms with Crippen molar-refractivity contribution in [3.63, 3.8) is 0 Å². The monoisotopic (exact) mass is 325 g/mol. The van der Waals surface area contributed by atoms with Gasteiger partial charge in [-0.2, -0.15) is 0 Å². The van der Waals surface area contributed by atoms with Gasteiger partial charge in [-0.05, 0) is 27.2 Å². The van der Waals surface area contributed by atoms with Crippen LogP contribution < -0.4 is 0 Å². The molecule has 2 unspecified atom stereocenters. The van der Waals surface area contributed by atoms with E-state index >= 15 is 0 Å². The minimum Gasteiger partial charge on any atom is -0.450 e. The van der Waals surface area contributed by atoms with Crippen LogP contribution in [0.4, 0.5) is 4.79 Å². The van der Waals surface area contributed by atoms with Gasteiger partial charge in [0.15, 0.2) is 0 Å². The third kappa shape index (κ3) is 3.95. The average Bonchev–Trinajstić information content (AvgIpc) is 3.36. The second kappa shape index (κ2) is 7.66. The zero-order valence-corrected chi connectivity index (χ0v) is 14.3. The Hall–Kier alpha value is -1.79. The number of carbonyl (C=O) groups excluding carboxylic acids is 3. The smallest absolute Gasteiger partial charge is 0.409 e. The lowest BCUT2D eigenvalue weighted by molar-refractivity contribution is -0.138. The van der Waals surface area contributed by atoms with E-state index in [1.807, 2.05) is 13.8 Å². The molecule has 0 spiro atoms. The van der Waals surface area contributed by atoms with Crippen LogP contribution in [-0.2, 0) is 14.3 Å². The lowest BCUT2D eigenvalue weighted by atomic mass is 10.2.